The van der Waals surface area contributed by atoms with Crippen LogP contribution < -0.4 is 15.4 Å². The van der Waals surface area contributed by atoms with Gasteiger partial charge in [0.2, 0.25) is 15.9 Å². The summed E-state index contributed by atoms with van der Waals surface area (Å²) >= 11 is 0. The average molecular weight is 706 g/mol. The highest BCUT2D eigenvalue weighted by Gasteiger charge is 2.40. The van der Waals surface area contributed by atoms with E-state index in [1.165, 1.54) is 6.07 Å². The first-order chi connectivity index (χ1) is 22.7. The van der Waals surface area contributed by atoms with Crippen molar-refractivity contribution in [3.05, 3.63) is 101 Å². The number of carbonyl (C=O) groups excluding carboxylic acids is 1. The molecule has 264 valence electrons. The zero-order chi connectivity index (χ0) is 36.2. The van der Waals surface area contributed by atoms with Crippen molar-refractivity contribution in [3.63, 3.8) is 0 Å². The first kappa shape index (κ1) is 37.9. The third-order valence-corrected chi connectivity index (χ3v) is 14.2. The Morgan fingerprint density at radius 3 is 2.22 bits per heavy atom. The SMILES string of the molecule is CC(C)(Cc1cccc(CC(=O)NCc2ccc3cc(O)ccc3c2)c1)NC[C@H](O[Si](C)(C)C(C)(C)C)c1ccc(O)c(NS(C)(=O)=O)c1. The van der Waals surface area contributed by atoms with Crippen LogP contribution in [-0.4, -0.2) is 51.2 Å². The molecule has 49 heavy (non-hydrogen) atoms. The first-order valence-electron chi connectivity index (χ1n) is 16.5. The highest BCUT2D eigenvalue weighted by molar-refractivity contribution is 7.92. The zero-order valence-electron chi connectivity index (χ0n) is 29.8. The van der Waals surface area contributed by atoms with Crippen LogP contribution in [0.4, 0.5) is 5.69 Å². The molecule has 0 spiro atoms. The molecule has 0 aliphatic carbocycles. The third-order valence-electron chi connectivity index (χ3n) is 9.08. The van der Waals surface area contributed by atoms with Crippen LogP contribution in [0.2, 0.25) is 18.1 Å². The molecule has 0 heterocycles. The van der Waals surface area contributed by atoms with Gasteiger partial charge in [0, 0.05) is 18.6 Å². The van der Waals surface area contributed by atoms with Gasteiger partial charge in [-0.3, -0.25) is 9.52 Å². The van der Waals surface area contributed by atoms with Gasteiger partial charge >= 0.3 is 0 Å². The lowest BCUT2D eigenvalue weighted by atomic mass is 9.93. The molecule has 0 aliphatic rings. The second kappa shape index (κ2) is 14.9. The maximum Gasteiger partial charge on any atom is 0.229 e. The van der Waals surface area contributed by atoms with Crippen molar-refractivity contribution in [2.75, 3.05) is 17.5 Å². The summed E-state index contributed by atoms with van der Waals surface area (Å²) in [4.78, 5) is 12.9. The summed E-state index contributed by atoms with van der Waals surface area (Å²) in [7, 11) is -5.85. The van der Waals surface area contributed by atoms with Gasteiger partial charge < -0.3 is 25.3 Å². The Labute approximate surface area is 292 Å². The lowest BCUT2D eigenvalue weighted by Crippen LogP contribution is -2.47. The van der Waals surface area contributed by atoms with Gasteiger partial charge in [-0.15, -0.1) is 0 Å². The van der Waals surface area contributed by atoms with Crippen molar-refractivity contribution < 1.29 is 27.9 Å². The number of amides is 1. The molecule has 0 saturated heterocycles. The predicted molar refractivity (Wildman–Crippen MR) is 201 cm³/mol. The minimum atomic E-state index is -3.60. The van der Waals surface area contributed by atoms with Gasteiger partial charge in [-0.2, -0.15) is 0 Å². The van der Waals surface area contributed by atoms with E-state index in [1.54, 1.807) is 24.3 Å². The van der Waals surface area contributed by atoms with E-state index in [4.69, 9.17) is 4.43 Å². The predicted octanol–water partition coefficient (Wildman–Crippen LogP) is 7.16. The van der Waals surface area contributed by atoms with Crippen molar-refractivity contribution in [2.45, 2.75) is 83.8 Å². The lowest BCUT2D eigenvalue weighted by Gasteiger charge is -2.40. The number of anilines is 1. The van der Waals surface area contributed by atoms with E-state index in [0.29, 0.717) is 19.5 Å². The van der Waals surface area contributed by atoms with Crippen molar-refractivity contribution in [2.24, 2.45) is 0 Å². The number of carbonyl (C=O) groups is 1. The number of rotatable bonds is 14. The van der Waals surface area contributed by atoms with Gasteiger partial charge in [0.05, 0.1) is 24.5 Å². The van der Waals surface area contributed by atoms with Gasteiger partial charge in [-0.25, -0.2) is 8.42 Å². The van der Waals surface area contributed by atoms with Gasteiger partial charge in [0.15, 0.2) is 8.32 Å². The number of hydrogen-bond acceptors (Lipinski definition) is 7. The van der Waals surface area contributed by atoms with E-state index < -0.39 is 24.4 Å². The molecule has 1 amide bonds. The average Bonchev–Trinajstić information content (AvgIpc) is 2.98. The molecule has 0 saturated carbocycles. The Morgan fingerprint density at radius 2 is 1.53 bits per heavy atom. The van der Waals surface area contributed by atoms with Crippen molar-refractivity contribution >= 4 is 40.7 Å². The maximum absolute atomic E-state index is 12.9. The molecule has 0 aromatic heterocycles. The Morgan fingerprint density at radius 1 is 0.857 bits per heavy atom. The molecule has 4 rings (SSSR count). The van der Waals surface area contributed by atoms with E-state index in [9.17, 15) is 23.4 Å². The van der Waals surface area contributed by atoms with Crippen LogP contribution in [0.1, 0.15) is 63.0 Å². The van der Waals surface area contributed by atoms with Crippen molar-refractivity contribution in [3.8, 4) is 11.5 Å². The number of nitrogens with one attached hydrogen (secondary N) is 3. The molecular weight excluding hydrogens is 655 g/mol. The van der Waals surface area contributed by atoms with Crippen LogP contribution in [0, 0.1) is 0 Å². The third kappa shape index (κ3) is 11.0. The summed E-state index contributed by atoms with van der Waals surface area (Å²) in [6, 6.07) is 24.1. The fourth-order valence-electron chi connectivity index (χ4n) is 5.43. The summed E-state index contributed by atoms with van der Waals surface area (Å²) in [6.45, 7) is 16.0. The van der Waals surface area contributed by atoms with Crippen molar-refractivity contribution in [1.82, 2.24) is 10.6 Å². The Hall–Kier alpha value is -3.90. The highest BCUT2D eigenvalue weighted by Crippen LogP contribution is 2.40. The maximum atomic E-state index is 12.9. The van der Waals surface area contributed by atoms with Crippen LogP contribution in [0.15, 0.2) is 78.9 Å². The standard InChI is InChI=1S/C38H51N3O6SSi/c1-37(2,3)49(7,8)47-35(31-15-17-34(43)33(22-31)41-48(6,45)46)25-40-38(4,5)23-27-11-9-10-26(18-27)20-36(44)39-24-28-12-13-30-21-32(42)16-14-29(30)19-28/h9-19,21-22,35,40-43H,20,23-25H2,1-8H3,(H,39,44)/t35-/m0/s1. The molecule has 1 atom stereocenters. The topological polar surface area (TPSA) is 137 Å². The van der Waals surface area contributed by atoms with E-state index in [-0.39, 0.29) is 40.1 Å². The van der Waals surface area contributed by atoms with Gasteiger partial charge in [0.25, 0.3) is 0 Å². The molecule has 0 fully saturated rings. The molecule has 0 aliphatic heterocycles. The molecule has 4 aromatic carbocycles. The van der Waals surface area contributed by atoms with Gasteiger partial charge in [-0.05, 0) is 102 Å². The molecule has 4 aromatic rings. The van der Waals surface area contributed by atoms with E-state index in [1.807, 2.05) is 36.4 Å². The lowest BCUT2D eigenvalue weighted by molar-refractivity contribution is -0.120. The molecule has 0 radical (unpaired) electrons. The zero-order valence-corrected chi connectivity index (χ0v) is 31.7. The number of fused-ring (bicyclic) bond motifs is 1. The van der Waals surface area contributed by atoms with E-state index in [2.05, 4.69) is 75.2 Å². The number of sulfonamides is 1. The number of phenols is 2. The van der Waals surface area contributed by atoms with Crippen LogP contribution in [-0.2, 0) is 38.6 Å². The second-order valence-corrected chi connectivity index (χ2v) is 21.6. The van der Waals surface area contributed by atoms with Gasteiger partial charge in [-0.1, -0.05) is 69.3 Å². The summed E-state index contributed by atoms with van der Waals surface area (Å²) < 4.78 is 33.2. The second-order valence-electron chi connectivity index (χ2n) is 15.1. The number of benzene rings is 4. The summed E-state index contributed by atoms with van der Waals surface area (Å²) in [6.07, 6.45) is 1.61. The number of aromatic hydroxyl groups is 2. The summed E-state index contributed by atoms with van der Waals surface area (Å²) in [5.41, 5.74) is 3.52. The normalized spacial score (nSPS) is 13.3. The molecule has 5 N–H and O–H groups in total. The van der Waals surface area contributed by atoms with Crippen LogP contribution in [0.3, 0.4) is 0 Å². The molecule has 11 heteroatoms. The molecule has 9 nitrogen and oxygen atoms in total. The van der Waals surface area contributed by atoms with E-state index >= 15 is 0 Å². The minimum Gasteiger partial charge on any atom is -0.508 e. The minimum absolute atomic E-state index is 0.0569. The summed E-state index contributed by atoms with van der Waals surface area (Å²) in [5.74, 6) is 0.00558. The van der Waals surface area contributed by atoms with Crippen molar-refractivity contribution in [1.29, 1.82) is 0 Å². The molecule has 0 unspecified atom stereocenters. The smallest absolute Gasteiger partial charge is 0.229 e. The molecule has 0 bridgehead atoms. The van der Waals surface area contributed by atoms with Gasteiger partial charge in [0.1, 0.15) is 11.5 Å². The number of hydrogen-bond donors (Lipinski definition) is 5. The Balaban J connectivity index is 1.42. The Kier molecular flexibility index (Phi) is 11.5. The summed E-state index contributed by atoms with van der Waals surface area (Å²) in [5, 5.41) is 28.7. The largest absolute Gasteiger partial charge is 0.508 e. The fourth-order valence-corrected chi connectivity index (χ4v) is 7.28. The number of phenolic OH excluding ortho intramolecular Hbond substituents is 2. The van der Waals surface area contributed by atoms with Crippen LogP contribution >= 0.6 is 0 Å². The Bertz CT molecular complexity index is 1900. The van der Waals surface area contributed by atoms with E-state index in [0.717, 1.165) is 39.3 Å². The first-order valence-corrected chi connectivity index (χ1v) is 21.3. The highest BCUT2D eigenvalue weighted by atomic mass is 32.2. The fraction of sp³-hybridized carbons (Fsp3) is 0.395. The van der Waals surface area contributed by atoms with Crippen LogP contribution in [0.25, 0.3) is 10.8 Å². The molecular formula is C38H51N3O6SSi. The van der Waals surface area contributed by atoms with Crippen LogP contribution in [0.5, 0.6) is 11.5 Å². The monoisotopic (exact) mass is 705 g/mol. The quantitative estimate of drug-likeness (QED) is 0.0694.